The molecule has 166 valence electrons. The average molecular weight is 455 g/mol. The van der Waals surface area contributed by atoms with Crippen LogP contribution >= 0.6 is 11.6 Å². The second-order valence-corrected chi connectivity index (χ2v) is 8.62. The fourth-order valence-corrected chi connectivity index (χ4v) is 4.80. The lowest BCUT2D eigenvalue weighted by molar-refractivity contribution is 0.0426. The van der Waals surface area contributed by atoms with Crippen LogP contribution in [0, 0.1) is 12.7 Å². The highest BCUT2D eigenvalue weighted by atomic mass is 35.5. The van der Waals surface area contributed by atoms with E-state index in [1.807, 2.05) is 31.2 Å². The average Bonchev–Trinajstić information content (AvgIpc) is 3.40. The lowest BCUT2D eigenvalue weighted by Crippen LogP contribution is -2.46. The summed E-state index contributed by atoms with van der Waals surface area (Å²) in [5.74, 6) is -0.341. The van der Waals surface area contributed by atoms with Gasteiger partial charge in [-0.25, -0.2) is 9.07 Å². The number of aryl methyl sites for hydroxylation is 1. The molecule has 0 unspecified atom stereocenters. The van der Waals surface area contributed by atoms with E-state index in [2.05, 4.69) is 10.4 Å². The van der Waals surface area contributed by atoms with Gasteiger partial charge in [-0.3, -0.25) is 4.79 Å². The van der Waals surface area contributed by atoms with Gasteiger partial charge < -0.3 is 15.0 Å². The van der Waals surface area contributed by atoms with E-state index in [0.717, 1.165) is 42.0 Å². The Balaban J connectivity index is 1.51. The van der Waals surface area contributed by atoms with Crippen LogP contribution in [0.1, 0.15) is 46.2 Å². The molecule has 0 bridgehead atoms. The number of aromatic nitrogens is 2. The van der Waals surface area contributed by atoms with E-state index in [9.17, 15) is 9.18 Å². The number of anilines is 1. The molecule has 2 aliphatic rings. The van der Waals surface area contributed by atoms with E-state index < -0.39 is 6.17 Å². The Labute approximate surface area is 190 Å². The SMILES string of the molecule is Cc1nn(Cc2ccc(F)cc2)c(Cl)c1[C@H]1Nc2ccccc2C(=O)N1C[C@@H]1CCCO1. The minimum absolute atomic E-state index is 0.00172. The molecule has 0 aliphatic carbocycles. The van der Waals surface area contributed by atoms with Crippen LogP contribution in [0.2, 0.25) is 5.15 Å². The van der Waals surface area contributed by atoms with Crippen LogP contribution in [0.15, 0.2) is 48.5 Å². The maximum Gasteiger partial charge on any atom is 0.257 e. The number of rotatable bonds is 5. The number of nitrogens with zero attached hydrogens (tertiary/aromatic N) is 3. The summed E-state index contributed by atoms with van der Waals surface area (Å²) in [6.45, 7) is 3.49. The van der Waals surface area contributed by atoms with E-state index in [0.29, 0.717) is 23.8 Å². The number of carbonyl (C=O) groups excluding carboxylic acids is 1. The fraction of sp³-hybridized carbons (Fsp3) is 0.333. The van der Waals surface area contributed by atoms with Crippen molar-refractivity contribution in [1.29, 1.82) is 0 Å². The molecule has 1 saturated heterocycles. The number of hydrogen-bond donors (Lipinski definition) is 1. The van der Waals surface area contributed by atoms with Gasteiger partial charge in [0.2, 0.25) is 0 Å². The standard InChI is InChI=1S/C24H24ClFN4O2/c1-15-21(22(25)30(28-15)13-16-8-10-17(26)11-9-16)23-27-20-7-3-2-6-19(20)24(31)29(23)14-18-5-4-12-32-18/h2-3,6-11,18,23,27H,4-5,12-14H2,1H3/t18-,23-/m0/s1. The number of nitrogens with one attached hydrogen (secondary N) is 1. The molecule has 2 aromatic carbocycles. The van der Waals surface area contributed by atoms with E-state index in [1.54, 1.807) is 21.7 Å². The van der Waals surface area contributed by atoms with Crippen molar-refractivity contribution < 1.29 is 13.9 Å². The van der Waals surface area contributed by atoms with Crippen LogP contribution in [0.3, 0.4) is 0 Å². The first-order valence-corrected chi connectivity index (χ1v) is 11.1. The van der Waals surface area contributed by atoms with Crippen LogP contribution in [-0.4, -0.2) is 39.8 Å². The highest BCUT2D eigenvalue weighted by Gasteiger charge is 2.38. The molecule has 1 amide bonds. The number of hydrogen-bond acceptors (Lipinski definition) is 4. The molecule has 0 spiro atoms. The van der Waals surface area contributed by atoms with Gasteiger partial charge >= 0.3 is 0 Å². The quantitative estimate of drug-likeness (QED) is 0.603. The zero-order valence-corrected chi connectivity index (χ0v) is 18.5. The van der Waals surface area contributed by atoms with E-state index in [4.69, 9.17) is 16.3 Å². The Morgan fingerprint density at radius 2 is 2.00 bits per heavy atom. The van der Waals surface area contributed by atoms with Gasteiger partial charge in [-0.1, -0.05) is 35.9 Å². The van der Waals surface area contributed by atoms with Crippen molar-refractivity contribution >= 4 is 23.2 Å². The van der Waals surface area contributed by atoms with Crippen molar-refractivity contribution in [3.63, 3.8) is 0 Å². The van der Waals surface area contributed by atoms with Crippen LogP contribution in [0.4, 0.5) is 10.1 Å². The van der Waals surface area contributed by atoms with E-state index >= 15 is 0 Å². The highest BCUT2D eigenvalue weighted by Crippen LogP contribution is 2.38. The largest absolute Gasteiger partial charge is 0.376 e. The third kappa shape index (κ3) is 3.87. The minimum Gasteiger partial charge on any atom is -0.376 e. The van der Waals surface area contributed by atoms with Gasteiger partial charge in [0, 0.05) is 18.8 Å². The molecule has 6 nitrogen and oxygen atoms in total. The predicted octanol–water partition coefficient (Wildman–Crippen LogP) is 4.78. The molecule has 5 rings (SSSR count). The number of fused-ring (bicyclic) bond motifs is 1. The summed E-state index contributed by atoms with van der Waals surface area (Å²) in [6, 6.07) is 13.8. The van der Waals surface area contributed by atoms with Gasteiger partial charge in [-0.2, -0.15) is 5.10 Å². The Morgan fingerprint density at radius 3 is 2.75 bits per heavy atom. The number of para-hydroxylation sites is 1. The zero-order chi connectivity index (χ0) is 22.2. The molecule has 1 fully saturated rings. The lowest BCUT2D eigenvalue weighted by atomic mass is 10.0. The van der Waals surface area contributed by atoms with E-state index in [-0.39, 0.29) is 17.8 Å². The van der Waals surface area contributed by atoms with E-state index in [1.165, 1.54) is 12.1 Å². The molecule has 1 N–H and O–H groups in total. The van der Waals surface area contributed by atoms with Gasteiger partial charge in [0.15, 0.2) is 0 Å². The van der Waals surface area contributed by atoms with Crippen molar-refractivity contribution in [3.8, 4) is 0 Å². The molecule has 2 atom stereocenters. The molecule has 0 radical (unpaired) electrons. The third-order valence-electron chi connectivity index (χ3n) is 6.07. The Bertz CT molecular complexity index is 1140. The third-order valence-corrected chi connectivity index (χ3v) is 6.47. The van der Waals surface area contributed by atoms with Gasteiger partial charge in [-0.05, 0) is 49.6 Å². The van der Waals surface area contributed by atoms with Gasteiger partial charge in [0.05, 0.1) is 29.5 Å². The lowest BCUT2D eigenvalue weighted by Gasteiger charge is -2.39. The molecule has 0 saturated carbocycles. The van der Waals surface area contributed by atoms with Crippen molar-refractivity contribution in [3.05, 3.63) is 81.9 Å². The molecule has 2 aliphatic heterocycles. The number of amides is 1. The summed E-state index contributed by atoms with van der Waals surface area (Å²) in [6.07, 6.45) is 1.46. The number of halogens is 2. The van der Waals surface area contributed by atoms with Crippen LogP contribution in [-0.2, 0) is 11.3 Å². The summed E-state index contributed by atoms with van der Waals surface area (Å²) in [5, 5.41) is 8.58. The summed E-state index contributed by atoms with van der Waals surface area (Å²) >= 11 is 6.82. The number of ether oxygens (including phenoxy) is 1. The molecule has 1 aromatic heterocycles. The van der Waals surface area contributed by atoms with Crippen molar-refractivity contribution in [2.75, 3.05) is 18.5 Å². The van der Waals surface area contributed by atoms with Crippen molar-refractivity contribution in [2.24, 2.45) is 0 Å². The smallest absolute Gasteiger partial charge is 0.257 e. The first kappa shape index (κ1) is 21.0. The maximum absolute atomic E-state index is 13.5. The van der Waals surface area contributed by atoms with Crippen molar-refractivity contribution in [1.82, 2.24) is 14.7 Å². The Kier molecular flexibility index (Phi) is 5.61. The summed E-state index contributed by atoms with van der Waals surface area (Å²) in [5.41, 5.74) is 3.78. The molecular weight excluding hydrogens is 431 g/mol. The van der Waals surface area contributed by atoms with Gasteiger partial charge in [-0.15, -0.1) is 0 Å². The maximum atomic E-state index is 13.5. The highest BCUT2D eigenvalue weighted by molar-refractivity contribution is 6.30. The molecule has 3 aromatic rings. The minimum atomic E-state index is -0.462. The predicted molar refractivity (Wildman–Crippen MR) is 120 cm³/mol. The fourth-order valence-electron chi connectivity index (χ4n) is 4.46. The second kappa shape index (κ2) is 8.56. The topological polar surface area (TPSA) is 59.4 Å². The number of carbonyl (C=O) groups is 1. The molecular formula is C24H24ClFN4O2. The Hall–Kier alpha value is -2.90. The monoisotopic (exact) mass is 454 g/mol. The van der Waals surface area contributed by atoms with Crippen molar-refractivity contribution in [2.45, 2.75) is 38.6 Å². The number of benzene rings is 2. The van der Waals surface area contributed by atoms with Gasteiger partial charge in [0.1, 0.15) is 17.1 Å². The van der Waals surface area contributed by atoms with Crippen LogP contribution in [0.25, 0.3) is 0 Å². The first-order chi connectivity index (χ1) is 15.5. The second-order valence-electron chi connectivity index (χ2n) is 8.26. The Morgan fingerprint density at radius 1 is 1.22 bits per heavy atom. The summed E-state index contributed by atoms with van der Waals surface area (Å²) < 4.78 is 20.8. The van der Waals surface area contributed by atoms with Crippen LogP contribution < -0.4 is 5.32 Å². The summed E-state index contributed by atoms with van der Waals surface area (Å²) in [7, 11) is 0. The summed E-state index contributed by atoms with van der Waals surface area (Å²) in [4.78, 5) is 15.3. The molecule has 3 heterocycles. The normalized spacial score (nSPS) is 20.3. The molecule has 32 heavy (non-hydrogen) atoms. The van der Waals surface area contributed by atoms with Crippen LogP contribution in [0.5, 0.6) is 0 Å². The zero-order valence-electron chi connectivity index (χ0n) is 17.7. The van der Waals surface area contributed by atoms with Gasteiger partial charge in [0.25, 0.3) is 5.91 Å². The first-order valence-electron chi connectivity index (χ1n) is 10.8. The molecule has 8 heteroatoms.